The lowest BCUT2D eigenvalue weighted by atomic mass is 10.3. The molecule has 1 aliphatic rings. The van der Waals surface area contributed by atoms with Crippen molar-refractivity contribution in [1.82, 2.24) is 15.1 Å². The Bertz CT molecular complexity index is 376. The highest BCUT2D eigenvalue weighted by molar-refractivity contribution is 14.1. The molecule has 1 fully saturated rings. The van der Waals surface area contributed by atoms with E-state index in [0.717, 1.165) is 9.52 Å². The molecule has 6 nitrogen and oxygen atoms in total. The third-order valence-corrected chi connectivity index (χ3v) is 3.07. The first kappa shape index (κ1) is 11.4. The topological polar surface area (TPSA) is 69.6 Å². The molecule has 0 bridgehead atoms. The molecule has 1 aromatic heterocycles. The number of carbonyl (C=O) groups is 1. The van der Waals surface area contributed by atoms with Crippen molar-refractivity contribution in [2.24, 2.45) is 0 Å². The molecule has 0 unspecified atom stereocenters. The molecule has 16 heavy (non-hydrogen) atoms. The van der Waals surface area contributed by atoms with E-state index >= 15 is 0 Å². The van der Waals surface area contributed by atoms with E-state index in [1.165, 1.54) is 4.90 Å². The van der Waals surface area contributed by atoms with Crippen LogP contribution in [-0.2, 0) is 0 Å². The first-order chi connectivity index (χ1) is 7.66. The van der Waals surface area contributed by atoms with Crippen LogP contribution in [0.1, 0.15) is 0 Å². The number of hydrogen-bond acceptors (Lipinski definition) is 4. The molecule has 1 amide bonds. The maximum Gasteiger partial charge on any atom is 0.407 e. The Morgan fingerprint density at radius 2 is 1.94 bits per heavy atom. The molecule has 0 radical (unpaired) electrons. The van der Waals surface area contributed by atoms with Crippen molar-refractivity contribution in [1.29, 1.82) is 0 Å². The van der Waals surface area contributed by atoms with Gasteiger partial charge in [-0.25, -0.2) is 4.79 Å². The largest absolute Gasteiger partial charge is 0.465 e. The van der Waals surface area contributed by atoms with Gasteiger partial charge < -0.3 is 14.9 Å². The summed E-state index contributed by atoms with van der Waals surface area (Å²) < 4.78 is 0.852. The number of piperazine rings is 1. The Morgan fingerprint density at radius 3 is 2.44 bits per heavy atom. The van der Waals surface area contributed by atoms with Crippen LogP contribution in [0, 0.1) is 3.70 Å². The number of anilines is 1. The number of carboxylic acid groups (broad SMARTS) is 1. The van der Waals surface area contributed by atoms with E-state index in [1.807, 2.05) is 17.0 Å². The molecule has 1 N–H and O–H groups in total. The molecule has 1 aromatic rings. The molecular weight excluding hydrogens is 323 g/mol. The Labute approximate surface area is 106 Å². The summed E-state index contributed by atoms with van der Waals surface area (Å²) in [6, 6.07) is 3.80. The SMILES string of the molecule is O=C(O)N1CCN(c2ccc(I)nn2)CC1. The Hall–Kier alpha value is -1.12. The predicted octanol–water partition coefficient (Wildman–Crippen LogP) is 0.881. The smallest absolute Gasteiger partial charge is 0.407 e. The van der Waals surface area contributed by atoms with E-state index in [2.05, 4.69) is 32.8 Å². The van der Waals surface area contributed by atoms with Gasteiger partial charge in [0.25, 0.3) is 0 Å². The number of hydrogen-bond donors (Lipinski definition) is 1. The van der Waals surface area contributed by atoms with Crippen molar-refractivity contribution in [3.05, 3.63) is 15.8 Å². The van der Waals surface area contributed by atoms with Gasteiger partial charge in [-0.3, -0.25) is 0 Å². The maximum atomic E-state index is 10.7. The molecule has 7 heteroatoms. The van der Waals surface area contributed by atoms with Gasteiger partial charge in [-0.2, -0.15) is 0 Å². The van der Waals surface area contributed by atoms with Crippen LogP contribution in [0.5, 0.6) is 0 Å². The van der Waals surface area contributed by atoms with Crippen LogP contribution in [0.3, 0.4) is 0 Å². The molecule has 2 heterocycles. The molecule has 0 spiro atoms. The summed E-state index contributed by atoms with van der Waals surface area (Å²) in [7, 11) is 0. The summed E-state index contributed by atoms with van der Waals surface area (Å²) in [6.45, 7) is 2.37. The monoisotopic (exact) mass is 334 g/mol. The van der Waals surface area contributed by atoms with Gasteiger partial charge in [0.05, 0.1) is 0 Å². The minimum Gasteiger partial charge on any atom is -0.465 e. The standard InChI is InChI=1S/C9H11IN4O2/c10-7-1-2-8(12-11-7)13-3-5-14(6-4-13)9(15)16/h1-2H,3-6H2,(H,15,16). The molecule has 0 saturated carbocycles. The summed E-state index contributed by atoms with van der Waals surface area (Å²) in [5.41, 5.74) is 0. The first-order valence-corrected chi connectivity index (χ1v) is 5.97. The molecule has 0 atom stereocenters. The van der Waals surface area contributed by atoms with Crippen molar-refractivity contribution < 1.29 is 9.90 Å². The average molecular weight is 334 g/mol. The quantitative estimate of drug-likeness (QED) is 0.773. The summed E-state index contributed by atoms with van der Waals surface area (Å²) in [5, 5.41) is 16.9. The van der Waals surface area contributed by atoms with Gasteiger partial charge in [-0.05, 0) is 34.7 Å². The lowest BCUT2D eigenvalue weighted by Crippen LogP contribution is -2.48. The fourth-order valence-corrected chi connectivity index (χ4v) is 1.89. The van der Waals surface area contributed by atoms with Gasteiger partial charge >= 0.3 is 6.09 Å². The summed E-state index contributed by atoms with van der Waals surface area (Å²) in [4.78, 5) is 14.2. The summed E-state index contributed by atoms with van der Waals surface area (Å²) >= 11 is 2.10. The fraction of sp³-hybridized carbons (Fsp3) is 0.444. The molecular formula is C9H11IN4O2. The first-order valence-electron chi connectivity index (χ1n) is 4.89. The van der Waals surface area contributed by atoms with Crippen molar-refractivity contribution in [2.75, 3.05) is 31.1 Å². The Balaban J connectivity index is 1.99. The average Bonchev–Trinajstić information content (AvgIpc) is 2.30. The van der Waals surface area contributed by atoms with Crippen molar-refractivity contribution >= 4 is 34.5 Å². The van der Waals surface area contributed by atoms with E-state index in [9.17, 15) is 4.79 Å². The zero-order valence-corrected chi connectivity index (χ0v) is 10.7. The van der Waals surface area contributed by atoms with Crippen LogP contribution in [-0.4, -0.2) is 52.5 Å². The molecule has 1 aliphatic heterocycles. The van der Waals surface area contributed by atoms with Crippen molar-refractivity contribution in [2.45, 2.75) is 0 Å². The molecule has 2 rings (SSSR count). The van der Waals surface area contributed by atoms with Crippen LogP contribution in [0.4, 0.5) is 10.6 Å². The maximum absolute atomic E-state index is 10.7. The zero-order valence-electron chi connectivity index (χ0n) is 8.51. The van der Waals surface area contributed by atoms with Gasteiger partial charge in [0.15, 0.2) is 5.82 Å². The highest BCUT2D eigenvalue weighted by atomic mass is 127. The van der Waals surface area contributed by atoms with Crippen LogP contribution in [0.15, 0.2) is 12.1 Å². The summed E-state index contributed by atoms with van der Waals surface area (Å²) in [6.07, 6.45) is -0.853. The highest BCUT2D eigenvalue weighted by Crippen LogP contribution is 2.13. The van der Waals surface area contributed by atoms with Crippen LogP contribution in [0.25, 0.3) is 0 Å². The normalized spacial score (nSPS) is 16.3. The second-order valence-electron chi connectivity index (χ2n) is 3.47. The Morgan fingerprint density at radius 1 is 1.25 bits per heavy atom. The van der Waals surface area contributed by atoms with E-state index in [1.54, 1.807) is 0 Å². The van der Waals surface area contributed by atoms with Crippen LogP contribution in [0.2, 0.25) is 0 Å². The third-order valence-electron chi connectivity index (χ3n) is 2.49. The van der Waals surface area contributed by atoms with Crippen LogP contribution >= 0.6 is 22.6 Å². The van der Waals surface area contributed by atoms with Gasteiger partial charge in [0, 0.05) is 26.2 Å². The number of rotatable bonds is 1. The van der Waals surface area contributed by atoms with Gasteiger partial charge in [0.1, 0.15) is 3.70 Å². The van der Waals surface area contributed by atoms with Gasteiger partial charge in [-0.1, -0.05) is 0 Å². The second-order valence-corrected chi connectivity index (χ2v) is 4.58. The molecule has 86 valence electrons. The minimum absolute atomic E-state index is 0.517. The molecule has 0 aromatic carbocycles. The van der Waals surface area contributed by atoms with E-state index < -0.39 is 6.09 Å². The Kier molecular flexibility index (Phi) is 3.42. The number of nitrogens with zero attached hydrogens (tertiary/aromatic N) is 4. The van der Waals surface area contributed by atoms with E-state index in [4.69, 9.17) is 5.11 Å². The van der Waals surface area contributed by atoms with E-state index in [0.29, 0.717) is 26.2 Å². The number of aromatic nitrogens is 2. The zero-order chi connectivity index (χ0) is 11.5. The van der Waals surface area contributed by atoms with E-state index in [-0.39, 0.29) is 0 Å². The fourth-order valence-electron chi connectivity index (χ4n) is 1.60. The highest BCUT2D eigenvalue weighted by Gasteiger charge is 2.21. The second kappa shape index (κ2) is 4.81. The lowest BCUT2D eigenvalue weighted by Gasteiger charge is -2.33. The minimum atomic E-state index is -0.853. The van der Waals surface area contributed by atoms with Crippen LogP contribution < -0.4 is 4.90 Å². The van der Waals surface area contributed by atoms with Crippen molar-refractivity contribution in [3.63, 3.8) is 0 Å². The van der Waals surface area contributed by atoms with Gasteiger partial charge in [0.2, 0.25) is 0 Å². The molecule has 0 aliphatic carbocycles. The number of amides is 1. The van der Waals surface area contributed by atoms with Gasteiger partial charge in [-0.15, -0.1) is 10.2 Å². The number of halogens is 1. The molecule has 1 saturated heterocycles. The lowest BCUT2D eigenvalue weighted by molar-refractivity contribution is 0.142. The van der Waals surface area contributed by atoms with Crippen molar-refractivity contribution in [3.8, 4) is 0 Å². The summed E-state index contributed by atoms with van der Waals surface area (Å²) in [5.74, 6) is 0.811. The predicted molar refractivity (Wildman–Crippen MR) is 66.6 cm³/mol. The third kappa shape index (κ3) is 2.52.